The number of phenols is 1. The van der Waals surface area contributed by atoms with Gasteiger partial charge in [-0.05, 0) is 48.4 Å². The van der Waals surface area contributed by atoms with E-state index in [2.05, 4.69) is 0 Å². The molecule has 150 valence electrons. The van der Waals surface area contributed by atoms with Crippen LogP contribution in [0.1, 0.15) is 17.2 Å². The molecule has 30 heavy (non-hydrogen) atoms. The van der Waals surface area contributed by atoms with Gasteiger partial charge in [-0.1, -0.05) is 48.5 Å². The van der Waals surface area contributed by atoms with Crippen LogP contribution in [-0.2, 0) is 14.4 Å². The lowest BCUT2D eigenvalue weighted by Gasteiger charge is -2.29. The monoisotopic (exact) mass is 400 g/mol. The van der Waals surface area contributed by atoms with Gasteiger partial charge in [-0.3, -0.25) is 14.4 Å². The zero-order valence-electron chi connectivity index (χ0n) is 16.3. The highest BCUT2D eigenvalue weighted by atomic mass is 16.7. The summed E-state index contributed by atoms with van der Waals surface area (Å²) in [5, 5.41) is 11.4. The molecule has 2 aliphatic rings. The van der Waals surface area contributed by atoms with Gasteiger partial charge in [0.15, 0.2) is 6.10 Å². The molecular formula is C24H20N2O4. The minimum Gasteiger partial charge on any atom is -0.508 e. The van der Waals surface area contributed by atoms with Crippen LogP contribution in [0.3, 0.4) is 0 Å². The van der Waals surface area contributed by atoms with E-state index in [0.717, 1.165) is 16.8 Å². The third-order valence-corrected chi connectivity index (χ3v) is 5.72. The highest BCUT2D eigenvalue weighted by Gasteiger charge is 2.60. The average molecular weight is 400 g/mol. The smallest absolute Gasteiger partial charge is 0.266 e. The summed E-state index contributed by atoms with van der Waals surface area (Å²) in [5.74, 6) is -1.20. The van der Waals surface area contributed by atoms with Gasteiger partial charge < -0.3 is 5.11 Å². The summed E-state index contributed by atoms with van der Waals surface area (Å²) in [6.07, 6.45) is -0.906. The minimum atomic E-state index is -0.906. The first-order valence-electron chi connectivity index (χ1n) is 9.79. The van der Waals surface area contributed by atoms with Crippen molar-refractivity contribution < 1.29 is 19.5 Å². The maximum atomic E-state index is 13.5. The molecule has 3 atom stereocenters. The summed E-state index contributed by atoms with van der Waals surface area (Å²) >= 11 is 0. The molecule has 2 heterocycles. The number of fused-ring (bicyclic) bond motifs is 1. The Morgan fingerprint density at radius 2 is 1.50 bits per heavy atom. The van der Waals surface area contributed by atoms with Crippen LogP contribution >= 0.6 is 0 Å². The van der Waals surface area contributed by atoms with Crippen molar-refractivity contribution in [1.82, 2.24) is 0 Å². The van der Waals surface area contributed by atoms with Gasteiger partial charge in [-0.15, -0.1) is 0 Å². The first-order chi connectivity index (χ1) is 14.6. The van der Waals surface area contributed by atoms with Gasteiger partial charge in [0, 0.05) is 0 Å². The molecule has 1 N–H and O–H groups in total. The number of aromatic hydroxyl groups is 1. The fourth-order valence-electron chi connectivity index (χ4n) is 4.28. The van der Waals surface area contributed by atoms with Crippen molar-refractivity contribution >= 4 is 23.2 Å². The second-order valence-corrected chi connectivity index (χ2v) is 7.55. The predicted octanol–water partition coefficient (Wildman–Crippen LogP) is 3.75. The second kappa shape index (κ2) is 7.00. The largest absolute Gasteiger partial charge is 0.508 e. The Morgan fingerprint density at radius 1 is 0.833 bits per heavy atom. The summed E-state index contributed by atoms with van der Waals surface area (Å²) in [6.45, 7) is 1.87. The van der Waals surface area contributed by atoms with Gasteiger partial charge in [0.25, 0.3) is 5.91 Å². The van der Waals surface area contributed by atoms with E-state index in [1.807, 2.05) is 55.5 Å². The number of anilines is 2. The molecule has 0 aliphatic carbocycles. The molecule has 0 bridgehead atoms. The number of nitrogens with zero attached hydrogens (tertiary/aromatic N) is 2. The number of para-hydroxylation sites is 2. The third-order valence-electron chi connectivity index (χ3n) is 5.72. The van der Waals surface area contributed by atoms with E-state index in [9.17, 15) is 14.7 Å². The molecule has 2 aliphatic heterocycles. The van der Waals surface area contributed by atoms with Crippen LogP contribution in [0, 0.1) is 12.8 Å². The van der Waals surface area contributed by atoms with Crippen molar-refractivity contribution in [3.63, 3.8) is 0 Å². The number of amides is 2. The molecule has 0 saturated carbocycles. The van der Waals surface area contributed by atoms with Crippen LogP contribution in [-0.4, -0.2) is 23.0 Å². The van der Waals surface area contributed by atoms with Gasteiger partial charge in [0.05, 0.1) is 17.4 Å². The average Bonchev–Trinajstić information content (AvgIpc) is 3.26. The van der Waals surface area contributed by atoms with Gasteiger partial charge in [0.2, 0.25) is 5.91 Å². The van der Waals surface area contributed by atoms with Crippen molar-refractivity contribution in [2.45, 2.75) is 19.1 Å². The lowest BCUT2D eigenvalue weighted by atomic mass is 9.90. The molecule has 3 aromatic carbocycles. The first kappa shape index (κ1) is 18.4. The highest BCUT2D eigenvalue weighted by Crippen LogP contribution is 2.47. The fourth-order valence-corrected chi connectivity index (χ4v) is 4.28. The Balaban J connectivity index is 1.60. The molecule has 6 heteroatoms. The van der Waals surface area contributed by atoms with Crippen LogP contribution in [0.2, 0.25) is 0 Å². The second-order valence-electron chi connectivity index (χ2n) is 7.55. The Bertz CT molecular complexity index is 1110. The molecule has 6 nitrogen and oxygen atoms in total. The number of rotatable bonds is 3. The number of aryl methyl sites for hydroxylation is 1. The molecule has 0 unspecified atom stereocenters. The van der Waals surface area contributed by atoms with E-state index in [4.69, 9.17) is 4.84 Å². The quantitative estimate of drug-likeness (QED) is 0.678. The van der Waals surface area contributed by atoms with Gasteiger partial charge >= 0.3 is 0 Å². The first-order valence-corrected chi connectivity index (χ1v) is 9.79. The van der Waals surface area contributed by atoms with Crippen molar-refractivity contribution in [2.75, 3.05) is 9.96 Å². The van der Waals surface area contributed by atoms with Crippen LogP contribution in [0.4, 0.5) is 11.4 Å². The van der Waals surface area contributed by atoms with E-state index >= 15 is 0 Å². The van der Waals surface area contributed by atoms with E-state index in [0.29, 0.717) is 5.69 Å². The van der Waals surface area contributed by atoms with Crippen molar-refractivity contribution in [3.8, 4) is 5.75 Å². The maximum absolute atomic E-state index is 13.5. The summed E-state index contributed by atoms with van der Waals surface area (Å²) in [5.41, 5.74) is 2.98. The number of benzene rings is 3. The van der Waals surface area contributed by atoms with Gasteiger partial charge in [-0.25, -0.2) is 9.96 Å². The number of phenolic OH excluding ortho intramolecular Hbond substituents is 1. The summed E-state index contributed by atoms with van der Waals surface area (Å²) < 4.78 is 0. The number of carbonyl (C=O) groups excluding carboxylic acids is 2. The van der Waals surface area contributed by atoms with Crippen molar-refractivity contribution in [1.29, 1.82) is 0 Å². The van der Waals surface area contributed by atoms with E-state index in [1.165, 1.54) is 4.90 Å². The van der Waals surface area contributed by atoms with Gasteiger partial charge in [0.1, 0.15) is 11.7 Å². The van der Waals surface area contributed by atoms with Crippen LogP contribution in [0.15, 0.2) is 78.9 Å². The normalized spacial score (nSPS) is 23.2. The van der Waals surface area contributed by atoms with E-state index < -0.39 is 18.1 Å². The number of carbonyl (C=O) groups is 2. The highest BCUT2D eigenvalue weighted by molar-refractivity contribution is 6.24. The molecule has 0 aromatic heterocycles. The fraction of sp³-hybridized carbons (Fsp3) is 0.167. The van der Waals surface area contributed by atoms with Crippen molar-refractivity contribution in [3.05, 3.63) is 90.0 Å². The van der Waals surface area contributed by atoms with Crippen LogP contribution < -0.4 is 9.96 Å². The van der Waals surface area contributed by atoms with E-state index in [-0.39, 0.29) is 17.6 Å². The third kappa shape index (κ3) is 2.76. The lowest BCUT2D eigenvalue weighted by molar-refractivity contribution is -0.126. The number of hydroxylamine groups is 1. The predicted molar refractivity (Wildman–Crippen MR) is 112 cm³/mol. The zero-order chi connectivity index (χ0) is 20.8. The maximum Gasteiger partial charge on any atom is 0.266 e. The number of imide groups is 1. The Morgan fingerprint density at radius 3 is 2.20 bits per heavy atom. The topological polar surface area (TPSA) is 70.1 Å². The number of hydrogen-bond donors (Lipinski definition) is 1. The molecule has 2 fully saturated rings. The zero-order valence-corrected chi connectivity index (χ0v) is 16.3. The Kier molecular flexibility index (Phi) is 4.29. The standard InChI is InChI=1S/C24H20N2O4/c1-15-7-5-6-10-19(15)25-23(28)20-21(16-11-13-18(27)14-12-16)26(30-22(20)24(25)29)17-8-3-2-4-9-17/h2-14,20-22,27H,1H3/t20-,21+,22-/m1/s1. The summed E-state index contributed by atoms with van der Waals surface area (Å²) in [6, 6.07) is 22.9. The molecule has 2 saturated heterocycles. The summed E-state index contributed by atoms with van der Waals surface area (Å²) in [4.78, 5) is 34.2. The van der Waals surface area contributed by atoms with Crippen LogP contribution in [0.5, 0.6) is 5.75 Å². The molecule has 3 aromatic rings. The summed E-state index contributed by atoms with van der Waals surface area (Å²) in [7, 11) is 0. The molecule has 2 amide bonds. The number of hydrogen-bond acceptors (Lipinski definition) is 5. The van der Waals surface area contributed by atoms with Crippen LogP contribution in [0.25, 0.3) is 0 Å². The Hall–Kier alpha value is -3.64. The Labute approximate surface area is 173 Å². The molecule has 5 rings (SSSR count). The molecular weight excluding hydrogens is 380 g/mol. The van der Waals surface area contributed by atoms with Gasteiger partial charge in [-0.2, -0.15) is 0 Å². The molecule has 0 spiro atoms. The SMILES string of the molecule is Cc1ccccc1N1C(=O)[C@H]2[C@@H](ON(c3ccccc3)[C@H]2c2ccc(O)cc2)C1=O. The van der Waals surface area contributed by atoms with Crippen molar-refractivity contribution in [2.24, 2.45) is 5.92 Å². The lowest BCUT2D eigenvalue weighted by Crippen LogP contribution is -2.37. The molecule has 0 radical (unpaired) electrons. The van der Waals surface area contributed by atoms with E-state index in [1.54, 1.807) is 35.4 Å². The minimum absolute atomic E-state index is 0.135.